The Hall–Kier alpha value is -1.35. The number of rotatable bonds is 4. The molecule has 2 N–H and O–H groups in total. The van der Waals surface area contributed by atoms with Gasteiger partial charge in [0.05, 0.1) is 18.8 Å². The summed E-state index contributed by atoms with van der Waals surface area (Å²) in [5, 5.41) is 11.4. The van der Waals surface area contributed by atoms with Crippen molar-refractivity contribution in [2.75, 3.05) is 25.0 Å². The number of nitrogens with one attached hydrogen (secondary N) is 1. The molecule has 0 aromatic heterocycles. The molecule has 2 rings (SSSR count). The van der Waals surface area contributed by atoms with E-state index in [2.05, 4.69) is 27.9 Å². The number of aliphatic carboxylic acids is 1. The number of amides is 2. The molecule has 1 aromatic carbocycles. The monoisotopic (exact) mass is 390 g/mol. The summed E-state index contributed by atoms with van der Waals surface area (Å²) in [6, 6.07) is 7.29. The summed E-state index contributed by atoms with van der Waals surface area (Å²) < 4.78 is 6.22. The van der Waals surface area contributed by atoms with Crippen molar-refractivity contribution < 1.29 is 19.4 Å². The van der Waals surface area contributed by atoms with Crippen LogP contribution in [-0.4, -0.2) is 47.3 Å². The van der Waals surface area contributed by atoms with E-state index in [9.17, 15) is 9.59 Å². The Morgan fingerprint density at radius 3 is 2.70 bits per heavy atom. The number of benzene rings is 1. The van der Waals surface area contributed by atoms with Crippen LogP contribution in [0.15, 0.2) is 24.3 Å². The summed E-state index contributed by atoms with van der Waals surface area (Å²) in [5.74, 6) is -1.01. The van der Waals surface area contributed by atoms with E-state index in [1.165, 1.54) is 0 Å². The maximum Gasteiger partial charge on any atom is 0.329 e. The number of hydrogen-bond acceptors (Lipinski definition) is 3. The molecule has 1 aliphatic heterocycles. The highest BCUT2D eigenvalue weighted by Crippen LogP contribution is 2.26. The summed E-state index contributed by atoms with van der Waals surface area (Å²) in [5.41, 5.74) is 0.192. The van der Waals surface area contributed by atoms with Crippen molar-refractivity contribution >= 4 is 40.3 Å². The molecule has 0 saturated carbocycles. The van der Waals surface area contributed by atoms with Crippen LogP contribution in [0.25, 0.3) is 0 Å². The molecule has 2 amide bonds. The third-order valence-corrected chi connectivity index (χ3v) is 3.94. The highest BCUT2D eigenvalue weighted by molar-refractivity contribution is 14.1. The lowest BCUT2D eigenvalue weighted by Gasteiger charge is -2.46. The van der Waals surface area contributed by atoms with Gasteiger partial charge in [0.15, 0.2) is 0 Å². The summed E-state index contributed by atoms with van der Waals surface area (Å²) in [6.07, 6.45) is 0. The first kappa shape index (κ1) is 15.0. The summed E-state index contributed by atoms with van der Waals surface area (Å²) >= 11 is 2.15. The van der Waals surface area contributed by atoms with E-state index in [-0.39, 0.29) is 12.6 Å². The number of hydrogen-bond donors (Lipinski definition) is 2. The van der Waals surface area contributed by atoms with Crippen LogP contribution < -0.4 is 5.32 Å². The van der Waals surface area contributed by atoms with E-state index in [4.69, 9.17) is 9.84 Å². The van der Waals surface area contributed by atoms with E-state index < -0.39 is 11.6 Å². The summed E-state index contributed by atoms with van der Waals surface area (Å²) in [6.45, 7) is 2.22. The molecule has 1 fully saturated rings. The van der Waals surface area contributed by atoms with Crippen molar-refractivity contribution in [1.29, 1.82) is 0 Å². The van der Waals surface area contributed by atoms with Crippen LogP contribution in [0.1, 0.15) is 6.92 Å². The van der Waals surface area contributed by atoms with Crippen LogP contribution >= 0.6 is 22.6 Å². The molecule has 0 aliphatic carbocycles. The van der Waals surface area contributed by atoms with Crippen LogP contribution in [0.2, 0.25) is 0 Å². The molecular formula is C13H15IN2O4. The number of para-hydroxylation sites is 1. The zero-order valence-corrected chi connectivity index (χ0v) is 13.1. The molecule has 6 nitrogen and oxygen atoms in total. The van der Waals surface area contributed by atoms with Crippen molar-refractivity contribution in [2.45, 2.75) is 12.5 Å². The Bertz CT molecular complexity index is 529. The number of likely N-dealkylation sites (tertiary alicyclic amines) is 1. The number of carbonyl (C=O) groups is 2. The second kappa shape index (κ2) is 5.96. The minimum atomic E-state index is -1.01. The fourth-order valence-electron chi connectivity index (χ4n) is 1.99. The largest absolute Gasteiger partial charge is 0.480 e. The van der Waals surface area contributed by atoms with Crippen molar-refractivity contribution in [2.24, 2.45) is 0 Å². The Morgan fingerprint density at radius 1 is 1.45 bits per heavy atom. The van der Waals surface area contributed by atoms with Crippen LogP contribution in [0.5, 0.6) is 0 Å². The molecule has 1 aliphatic rings. The average Bonchev–Trinajstić information content (AvgIpc) is 2.35. The van der Waals surface area contributed by atoms with Gasteiger partial charge in [-0.2, -0.15) is 0 Å². The molecule has 7 heteroatoms. The zero-order valence-electron chi connectivity index (χ0n) is 10.9. The SMILES string of the molecule is CC1(OCC(=O)O)CN(C(=O)Nc2ccccc2I)C1. The Labute approximate surface area is 130 Å². The summed E-state index contributed by atoms with van der Waals surface area (Å²) in [7, 11) is 0. The third-order valence-electron chi connectivity index (χ3n) is 3.00. The van der Waals surface area contributed by atoms with E-state index in [1.807, 2.05) is 24.3 Å². The molecule has 0 radical (unpaired) electrons. The van der Waals surface area contributed by atoms with Gasteiger partial charge in [0.2, 0.25) is 0 Å². The number of carboxylic acids is 1. The third kappa shape index (κ3) is 3.60. The van der Waals surface area contributed by atoms with Gasteiger partial charge >= 0.3 is 12.0 Å². The van der Waals surface area contributed by atoms with Crippen molar-refractivity contribution in [3.63, 3.8) is 0 Å². The normalized spacial score (nSPS) is 16.4. The van der Waals surface area contributed by atoms with E-state index in [0.717, 1.165) is 9.26 Å². The number of carboxylic acid groups (broad SMARTS) is 1. The minimum absolute atomic E-state index is 0.203. The standard InChI is InChI=1S/C13H15IN2O4/c1-13(20-6-11(17)18)7-16(8-13)12(19)15-10-5-3-2-4-9(10)14/h2-5H,6-8H2,1H3,(H,15,19)(H,17,18). The lowest BCUT2D eigenvalue weighted by Crippen LogP contribution is -2.64. The van der Waals surface area contributed by atoms with E-state index in [0.29, 0.717) is 13.1 Å². The van der Waals surface area contributed by atoms with Gasteiger partial charge < -0.3 is 20.1 Å². The molecule has 1 aromatic rings. The first-order valence-electron chi connectivity index (χ1n) is 6.06. The number of halogens is 1. The lowest BCUT2D eigenvalue weighted by atomic mass is 9.97. The topological polar surface area (TPSA) is 78.9 Å². The van der Waals surface area contributed by atoms with E-state index in [1.54, 1.807) is 11.8 Å². The Kier molecular flexibility index (Phi) is 4.48. The van der Waals surface area contributed by atoms with Crippen molar-refractivity contribution in [1.82, 2.24) is 4.90 Å². The fraction of sp³-hybridized carbons (Fsp3) is 0.385. The maximum atomic E-state index is 12.0. The molecule has 0 unspecified atom stereocenters. The first-order chi connectivity index (χ1) is 9.39. The highest BCUT2D eigenvalue weighted by atomic mass is 127. The molecule has 1 heterocycles. The number of urea groups is 1. The number of ether oxygens (including phenoxy) is 1. The molecular weight excluding hydrogens is 375 g/mol. The Balaban J connectivity index is 1.85. The van der Waals surface area contributed by atoms with Gasteiger partial charge in [-0.3, -0.25) is 0 Å². The zero-order chi connectivity index (χ0) is 14.8. The second-order valence-corrected chi connectivity index (χ2v) is 6.06. The van der Waals surface area contributed by atoms with Crippen molar-refractivity contribution in [3.05, 3.63) is 27.8 Å². The molecule has 1 saturated heterocycles. The number of anilines is 1. The van der Waals surface area contributed by atoms with Crippen molar-refractivity contribution in [3.8, 4) is 0 Å². The highest BCUT2D eigenvalue weighted by Gasteiger charge is 2.42. The number of nitrogens with zero attached hydrogens (tertiary/aromatic N) is 1. The molecule has 0 atom stereocenters. The number of carbonyl (C=O) groups excluding carboxylic acids is 1. The predicted molar refractivity (Wildman–Crippen MR) is 81.7 cm³/mol. The van der Waals surface area contributed by atoms with Gasteiger partial charge in [0.1, 0.15) is 12.2 Å². The van der Waals surface area contributed by atoms with Gasteiger partial charge in [-0.1, -0.05) is 12.1 Å². The lowest BCUT2D eigenvalue weighted by molar-refractivity contribution is -0.159. The molecule has 0 spiro atoms. The smallest absolute Gasteiger partial charge is 0.329 e. The van der Waals surface area contributed by atoms with Gasteiger partial charge in [0.25, 0.3) is 0 Å². The summed E-state index contributed by atoms with van der Waals surface area (Å²) in [4.78, 5) is 24.1. The van der Waals surface area contributed by atoms with Gasteiger partial charge in [-0.05, 0) is 41.6 Å². The molecule has 20 heavy (non-hydrogen) atoms. The average molecular weight is 390 g/mol. The van der Waals surface area contributed by atoms with Crippen LogP contribution in [0, 0.1) is 3.57 Å². The van der Waals surface area contributed by atoms with Crippen LogP contribution in [-0.2, 0) is 9.53 Å². The Morgan fingerprint density at radius 2 is 2.10 bits per heavy atom. The molecule has 108 valence electrons. The van der Waals surface area contributed by atoms with Gasteiger partial charge in [-0.25, -0.2) is 9.59 Å². The fourth-order valence-corrected chi connectivity index (χ4v) is 2.51. The second-order valence-electron chi connectivity index (χ2n) is 4.90. The first-order valence-corrected chi connectivity index (χ1v) is 7.14. The predicted octanol–water partition coefficient (Wildman–Crippen LogP) is 2.00. The van der Waals surface area contributed by atoms with Crippen LogP contribution in [0.3, 0.4) is 0 Å². The minimum Gasteiger partial charge on any atom is -0.480 e. The van der Waals surface area contributed by atoms with Gasteiger partial charge in [-0.15, -0.1) is 0 Å². The van der Waals surface area contributed by atoms with E-state index >= 15 is 0 Å². The molecule has 0 bridgehead atoms. The quantitative estimate of drug-likeness (QED) is 0.771. The maximum absolute atomic E-state index is 12.0. The van der Waals surface area contributed by atoms with Crippen LogP contribution in [0.4, 0.5) is 10.5 Å². The van der Waals surface area contributed by atoms with Gasteiger partial charge in [0, 0.05) is 3.57 Å².